The predicted octanol–water partition coefficient (Wildman–Crippen LogP) is 4.03. The van der Waals surface area contributed by atoms with E-state index < -0.39 is 12.0 Å². The van der Waals surface area contributed by atoms with E-state index in [9.17, 15) is 9.90 Å². The Kier molecular flexibility index (Phi) is 5.39. The van der Waals surface area contributed by atoms with Gasteiger partial charge < -0.3 is 9.84 Å². The first-order valence-corrected chi connectivity index (χ1v) is 8.88. The van der Waals surface area contributed by atoms with Crippen molar-refractivity contribution in [3.05, 3.63) is 65.2 Å². The summed E-state index contributed by atoms with van der Waals surface area (Å²) in [5, 5.41) is 9.65. The normalized spacial score (nSPS) is 18.9. The molecule has 0 spiro atoms. The Labute approximate surface area is 149 Å². The number of rotatable bonds is 6. The highest BCUT2D eigenvalue weighted by molar-refractivity contribution is 5.74. The molecule has 2 aromatic carbocycles. The molecular weight excluding hydrogens is 314 g/mol. The van der Waals surface area contributed by atoms with Gasteiger partial charge in [-0.3, -0.25) is 9.69 Å². The van der Waals surface area contributed by atoms with E-state index >= 15 is 0 Å². The van der Waals surface area contributed by atoms with Gasteiger partial charge in [0.15, 0.2) is 0 Å². The lowest BCUT2D eigenvalue weighted by molar-refractivity contribution is -0.142. The van der Waals surface area contributed by atoms with E-state index in [0.29, 0.717) is 13.0 Å². The lowest BCUT2D eigenvalue weighted by Crippen LogP contribution is -2.39. The third-order valence-corrected chi connectivity index (χ3v) is 4.90. The van der Waals surface area contributed by atoms with Crippen LogP contribution in [0.2, 0.25) is 0 Å². The zero-order valence-corrected chi connectivity index (χ0v) is 14.8. The summed E-state index contributed by atoms with van der Waals surface area (Å²) in [4.78, 5) is 13.9. The van der Waals surface area contributed by atoms with E-state index in [4.69, 9.17) is 4.74 Å². The summed E-state index contributed by atoms with van der Waals surface area (Å²) in [6.45, 7) is 5.48. The summed E-state index contributed by atoms with van der Waals surface area (Å²) in [6, 6.07) is 15.8. The monoisotopic (exact) mass is 339 g/mol. The fraction of sp³-hybridized carbons (Fsp3) is 0.381. The largest absolute Gasteiger partial charge is 0.494 e. The summed E-state index contributed by atoms with van der Waals surface area (Å²) >= 11 is 0. The standard InChI is InChI=1S/C21H25NO3/c1-3-25-17-12-10-16(11-13-17)20(18-8-5-4-7-15(18)2)22-14-6-9-19(22)21(23)24/h4-5,7-8,10-13,19-20H,3,6,9,14H2,1-2H3,(H,23,24). The van der Waals surface area contributed by atoms with Gasteiger partial charge in [0, 0.05) is 6.54 Å². The molecule has 0 aromatic heterocycles. The zero-order chi connectivity index (χ0) is 17.8. The number of carboxylic acids is 1. The predicted molar refractivity (Wildman–Crippen MR) is 98.0 cm³/mol. The van der Waals surface area contributed by atoms with E-state index in [0.717, 1.165) is 24.3 Å². The van der Waals surface area contributed by atoms with Crippen LogP contribution in [0, 0.1) is 6.92 Å². The number of ether oxygens (including phenoxy) is 1. The quantitative estimate of drug-likeness (QED) is 0.863. The first-order valence-electron chi connectivity index (χ1n) is 8.88. The minimum atomic E-state index is -0.734. The van der Waals surface area contributed by atoms with Crippen molar-refractivity contribution in [2.75, 3.05) is 13.2 Å². The van der Waals surface area contributed by atoms with Crippen LogP contribution in [0.3, 0.4) is 0 Å². The van der Waals surface area contributed by atoms with Crippen LogP contribution in [0.25, 0.3) is 0 Å². The van der Waals surface area contributed by atoms with Crippen molar-refractivity contribution >= 4 is 5.97 Å². The van der Waals surface area contributed by atoms with Gasteiger partial charge in [-0.15, -0.1) is 0 Å². The Morgan fingerprint density at radius 1 is 1.24 bits per heavy atom. The van der Waals surface area contributed by atoms with Gasteiger partial charge in [-0.1, -0.05) is 36.4 Å². The zero-order valence-electron chi connectivity index (χ0n) is 14.8. The second kappa shape index (κ2) is 7.70. The van der Waals surface area contributed by atoms with E-state index in [1.165, 1.54) is 11.1 Å². The molecule has 0 radical (unpaired) electrons. The molecule has 1 fully saturated rings. The van der Waals surface area contributed by atoms with Gasteiger partial charge in [0.25, 0.3) is 0 Å². The van der Waals surface area contributed by atoms with E-state index in [-0.39, 0.29) is 6.04 Å². The van der Waals surface area contributed by atoms with Gasteiger partial charge in [-0.25, -0.2) is 0 Å². The first-order chi connectivity index (χ1) is 12.1. The summed E-state index contributed by atoms with van der Waals surface area (Å²) < 4.78 is 5.55. The van der Waals surface area contributed by atoms with Crippen molar-refractivity contribution < 1.29 is 14.6 Å². The molecule has 132 valence electrons. The minimum Gasteiger partial charge on any atom is -0.494 e. The number of hydrogen-bond acceptors (Lipinski definition) is 3. The summed E-state index contributed by atoms with van der Waals surface area (Å²) in [5.74, 6) is 0.105. The van der Waals surface area contributed by atoms with Gasteiger partial charge >= 0.3 is 5.97 Å². The number of benzene rings is 2. The van der Waals surface area contributed by atoms with Crippen LogP contribution in [0.4, 0.5) is 0 Å². The molecule has 0 saturated carbocycles. The van der Waals surface area contributed by atoms with Crippen molar-refractivity contribution in [1.82, 2.24) is 4.90 Å². The molecule has 1 aliphatic rings. The van der Waals surface area contributed by atoms with Crippen LogP contribution >= 0.6 is 0 Å². The molecule has 3 rings (SSSR count). The Balaban J connectivity index is 2.03. The highest BCUT2D eigenvalue weighted by Crippen LogP contribution is 2.36. The Bertz CT molecular complexity index is 726. The number of carbonyl (C=O) groups is 1. The molecule has 25 heavy (non-hydrogen) atoms. The number of likely N-dealkylation sites (tertiary alicyclic amines) is 1. The molecule has 0 bridgehead atoms. The van der Waals surface area contributed by atoms with Crippen molar-refractivity contribution in [2.45, 2.75) is 38.8 Å². The van der Waals surface area contributed by atoms with Gasteiger partial charge in [-0.05, 0) is 55.5 Å². The third kappa shape index (κ3) is 3.69. The number of aliphatic carboxylic acids is 1. The Morgan fingerprint density at radius 3 is 2.60 bits per heavy atom. The molecular formula is C21H25NO3. The number of carboxylic acid groups (broad SMARTS) is 1. The lowest BCUT2D eigenvalue weighted by atomic mass is 9.93. The molecule has 1 aliphatic heterocycles. The maximum absolute atomic E-state index is 11.7. The lowest BCUT2D eigenvalue weighted by Gasteiger charge is -2.33. The van der Waals surface area contributed by atoms with Gasteiger partial charge in [0.2, 0.25) is 0 Å². The van der Waals surface area contributed by atoms with Crippen LogP contribution in [0.15, 0.2) is 48.5 Å². The molecule has 2 atom stereocenters. The van der Waals surface area contributed by atoms with Crippen LogP contribution in [0.5, 0.6) is 5.75 Å². The SMILES string of the molecule is CCOc1ccc(C(c2ccccc2C)N2CCCC2C(=O)O)cc1. The molecule has 1 N–H and O–H groups in total. The molecule has 2 unspecified atom stereocenters. The van der Waals surface area contributed by atoms with E-state index in [1.807, 2.05) is 31.2 Å². The third-order valence-electron chi connectivity index (χ3n) is 4.90. The summed E-state index contributed by atoms with van der Waals surface area (Å²) in [6.07, 6.45) is 1.62. The molecule has 4 nitrogen and oxygen atoms in total. The first kappa shape index (κ1) is 17.5. The van der Waals surface area contributed by atoms with Crippen LogP contribution < -0.4 is 4.74 Å². The molecule has 1 saturated heterocycles. The van der Waals surface area contributed by atoms with Crippen LogP contribution in [0.1, 0.15) is 42.5 Å². The summed E-state index contributed by atoms with van der Waals surface area (Å²) in [5.41, 5.74) is 3.45. The van der Waals surface area contributed by atoms with Crippen molar-refractivity contribution in [2.24, 2.45) is 0 Å². The van der Waals surface area contributed by atoms with Crippen LogP contribution in [-0.2, 0) is 4.79 Å². The number of aryl methyl sites for hydroxylation is 1. The minimum absolute atomic E-state index is 0.0551. The number of nitrogens with zero attached hydrogens (tertiary/aromatic N) is 1. The van der Waals surface area contributed by atoms with Crippen molar-refractivity contribution in [3.63, 3.8) is 0 Å². The van der Waals surface area contributed by atoms with Gasteiger partial charge in [0.05, 0.1) is 12.6 Å². The van der Waals surface area contributed by atoms with Crippen LogP contribution in [-0.4, -0.2) is 35.2 Å². The topological polar surface area (TPSA) is 49.8 Å². The van der Waals surface area contributed by atoms with Gasteiger partial charge in [0.1, 0.15) is 11.8 Å². The van der Waals surface area contributed by atoms with E-state index in [2.05, 4.69) is 36.1 Å². The molecule has 2 aromatic rings. The van der Waals surface area contributed by atoms with Crippen molar-refractivity contribution in [1.29, 1.82) is 0 Å². The average Bonchev–Trinajstić information content (AvgIpc) is 3.08. The molecule has 1 heterocycles. The molecule has 4 heteroatoms. The maximum Gasteiger partial charge on any atom is 0.320 e. The highest BCUT2D eigenvalue weighted by atomic mass is 16.5. The number of hydrogen-bond donors (Lipinski definition) is 1. The molecule has 0 aliphatic carbocycles. The van der Waals surface area contributed by atoms with Gasteiger partial charge in [-0.2, -0.15) is 0 Å². The second-order valence-corrected chi connectivity index (χ2v) is 6.50. The molecule has 0 amide bonds. The highest BCUT2D eigenvalue weighted by Gasteiger charge is 2.37. The van der Waals surface area contributed by atoms with E-state index in [1.54, 1.807) is 0 Å². The maximum atomic E-state index is 11.7. The smallest absolute Gasteiger partial charge is 0.320 e. The average molecular weight is 339 g/mol. The summed E-state index contributed by atoms with van der Waals surface area (Å²) in [7, 11) is 0. The fourth-order valence-corrected chi connectivity index (χ4v) is 3.72. The second-order valence-electron chi connectivity index (χ2n) is 6.50. The fourth-order valence-electron chi connectivity index (χ4n) is 3.72. The Morgan fingerprint density at radius 2 is 1.96 bits per heavy atom. The van der Waals surface area contributed by atoms with Crippen molar-refractivity contribution in [3.8, 4) is 5.75 Å². The Hall–Kier alpha value is -2.33.